The first-order chi connectivity index (χ1) is 9.33. The number of carbonyl (C=O) groups excluding carboxylic acids is 1. The first-order valence-corrected chi connectivity index (χ1v) is 7.77. The van der Waals surface area contributed by atoms with Crippen molar-refractivity contribution in [1.29, 1.82) is 0 Å². The van der Waals surface area contributed by atoms with Crippen LogP contribution in [0.2, 0.25) is 0 Å². The summed E-state index contributed by atoms with van der Waals surface area (Å²) in [5.74, 6) is -0.0836. The molecule has 0 spiro atoms. The van der Waals surface area contributed by atoms with Crippen LogP contribution < -0.4 is 5.32 Å². The summed E-state index contributed by atoms with van der Waals surface area (Å²) in [6.07, 6.45) is -3.47. The molecule has 1 aliphatic rings. The minimum absolute atomic E-state index is 0.0877. The Morgan fingerprint density at radius 1 is 1.50 bits per heavy atom. The molecule has 8 heteroatoms. The van der Waals surface area contributed by atoms with Crippen molar-refractivity contribution < 1.29 is 18.0 Å². The van der Waals surface area contributed by atoms with Crippen molar-refractivity contribution >= 4 is 33.2 Å². The number of alkyl halides is 3. The van der Waals surface area contributed by atoms with Crippen LogP contribution in [-0.2, 0) is 0 Å². The third kappa shape index (κ3) is 4.75. The molecule has 1 aromatic rings. The number of likely N-dealkylation sites (tertiary alicyclic amines) is 1. The highest BCUT2D eigenvalue weighted by Crippen LogP contribution is 2.23. The molecule has 1 amide bonds. The van der Waals surface area contributed by atoms with Gasteiger partial charge in [-0.15, -0.1) is 11.3 Å². The Bertz CT molecular complexity index is 478. The van der Waals surface area contributed by atoms with Crippen LogP contribution in [0, 0.1) is 5.92 Å². The first kappa shape index (κ1) is 15.8. The number of nitrogens with one attached hydrogen (secondary N) is 1. The number of rotatable bonds is 4. The van der Waals surface area contributed by atoms with Gasteiger partial charge in [0.15, 0.2) is 0 Å². The molecule has 2 rings (SSSR count). The Morgan fingerprint density at radius 2 is 2.25 bits per heavy atom. The summed E-state index contributed by atoms with van der Waals surface area (Å²) in [5.41, 5.74) is 0. The maximum Gasteiger partial charge on any atom is 0.401 e. The molecule has 1 N–H and O–H groups in total. The minimum atomic E-state index is -4.15. The van der Waals surface area contributed by atoms with Crippen LogP contribution >= 0.6 is 27.3 Å². The molecule has 0 aromatic carbocycles. The molecule has 1 aliphatic heterocycles. The quantitative estimate of drug-likeness (QED) is 0.882. The number of thiophene rings is 1. The van der Waals surface area contributed by atoms with Gasteiger partial charge in [-0.05, 0) is 46.9 Å². The number of halogens is 4. The Hall–Kier alpha value is -0.600. The van der Waals surface area contributed by atoms with Crippen LogP contribution in [-0.4, -0.2) is 43.2 Å². The zero-order chi connectivity index (χ0) is 14.8. The number of hydrogen-bond donors (Lipinski definition) is 1. The normalized spacial score (nSPS) is 20.3. The van der Waals surface area contributed by atoms with Crippen molar-refractivity contribution in [3.05, 3.63) is 20.8 Å². The maximum atomic E-state index is 12.3. The highest BCUT2D eigenvalue weighted by atomic mass is 79.9. The van der Waals surface area contributed by atoms with Crippen molar-refractivity contribution in [2.45, 2.75) is 12.6 Å². The Morgan fingerprint density at radius 3 is 2.85 bits per heavy atom. The summed E-state index contributed by atoms with van der Waals surface area (Å²) in [4.78, 5) is 13.8. The molecule has 3 nitrogen and oxygen atoms in total. The van der Waals surface area contributed by atoms with E-state index in [1.165, 1.54) is 16.2 Å². The molecule has 0 radical (unpaired) electrons. The molecular formula is C12H14BrF3N2OS. The monoisotopic (exact) mass is 370 g/mol. The zero-order valence-electron chi connectivity index (χ0n) is 10.5. The van der Waals surface area contributed by atoms with Gasteiger partial charge < -0.3 is 5.32 Å². The van der Waals surface area contributed by atoms with Crippen LogP contribution in [0.3, 0.4) is 0 Å². The van der Waals surface area contributed by atoms with E-state index in [2.05, 4.69) is 21.2 Å². The van der Waals surface area contributed by atoms with Gasteiger partial charge in [0.2, 0.25) is 0 Å². The Kier molecular flexibility index (Phi) is 5.09. The van der Waals surface area contributed by atoms with Crippen molar-refractivity contribution in [3.8, 4) is 0 Å². The fraction of sp³-hybridized carbons (Fsp3) is 0.583. The third-order valence-corrected chi connectivity index (χ3v) is 4.74. The largest absolute Gasteiger partial charge is 0.401 e. The van der Waals surface area contributed by atoms with E-state index < -0.39 is 12.7 Å². The van der Waals surface area contributed by atoms with Crippen LogP contribution in [0.25, 0.3) is 0 Å². The molecular weight excluding hydrogens is 357 g/mol. The Balaban J connectivity index is 1.74. The fourth-order valence-corrected chi connectivity index (χ4v) is 3.54. The van der Waals surface area contributed by atoms with E-state index in [-0.39, 0.29) is 11.8 Å². The number of nitrogens with zero attached hydrogens (tertiary/aromatic N) is 1. The van der Waals surface area contributed by atoms with Gasteiger partial charge in [0.1, 0.15) is 0 Å². The van der Waals surface area contributed by atoms with Gasteiger partial charge >= 0.3 is 6.18 Å². The van der Waals surface area contributed by atoms with E-state index in [0.717, 1.165) is 3.79 Å². The summed E-state index contributed by atoms with van der Waals surface area (Å²) in [5, 5.41) is 2.78. The molecule has 0 bridgehead atoms. The maximum absolute atomic E-state index is 12.3. The van der Waals surface area contributed by atoms with Crippen molar-refractivity contribution in [2.24, 2.45) is 5.92 Å². The van der Waals surface area contributed by atoms with Crippen LogP contribution in [0.15, 0.2) is 15.9 Å². The van der Waals surface area contributed by atoms with E-state index in [9.17, 15) is 18.0 Å². The topological polar surface area (TPSA) is 32.3 Å². The van der Waals surface area contributed by atoms with Crippen molar-refractivity contribution in [3.63, 3.8) is 0 Å². The summed E-state index contributed by atoms with van der Waals surface area (Å²) in [6.45, 7) is 0.372. The zero-order valence-corrected chi connectivity index (χ0v) is 12.9. The van der Waals surface area contributed by atoms with Crippen molar-refractivity contribution in [1.82, 2.24) is 10.2 Å². The third-order valence-electron chi connectivity index (χ3n) is 3.12. The van der Waals surface area contributed by atoms with E-state index in [1.807, 2.05) is 0 Å². The fourth-order valence-electron chi connectivity index (χ4n) is 2.24. The van der Waals surface area contributed by atoms with Gasteiger partial charge in [0.25, 0.3) is 5.91 Å². The molecule has 1 aromatic heterocycles. The smallest absolute Gasteiger partial charge is 0.351 e. The molecule has 0 aliphatic carbocycles. The standard InChI is InChI=1S/C12H14BrF3N2OS/c13-10-2-1-9(20-10)11(19)17-5-8-3-4-18(6-8)7-12(14,15)16/h1-2,8H,3-7H2,(H,17,19). The number of carbonyl (C=O) groups is 1. The highest BCUT2D eigenvalue weighted by Gasteiger charge is 2.34. The second-order valence-corrected chi connectivity index (χ2v) is 7.28. The summed E-state index contributed by atoms with van der Waals surface area (Å²) in [7, 11) is 0. The minimum Gasteiger partial charge on any atom is -0.351 e. The predicted molar refractivity (Wildman–Crippen MR) is 75.0 cm³/mol. The van der Waals surface area contributed by atoms with Crippen LogP contribution in [0.4, 0.5) is 13.2 Å². The Labute approximate surface area is 127 Å². The van der Waals surface area contributed by atoms with E-state index in [1.54, 1.807) is 12.1 Å². The van der Waals surface area contributed by atoms with Crippen molar-refractivity contribution in [2.75, 3.05) is 26.2 Å². The predicted octanol–water partition coefficient (Wildman–Crippen LogP) is 3.12. The average molecular weight is 371 g/mol. The lowest BCUT2D eigenvalue weighted by atomic mass is 10.1. The summed E-state index contributed by atoms with van der Waals surface area (Å²) in [6, 6.07) is 3.51. The SMILES string of the molecule is O=C(NCC1CCN(CC(F)(F)F)C1)c1ccc(Br)s1. The van der Waals surface area contributed by atoms with Gasteiger partial charge in [-0.2, -0.15) is 13.2 Å². The van der Waals surface area contributed by atoms with Gasteiger partial charge in [-0.25, -0.2) is 0 Å². The van der Waals surface area contributed by atoms with E-state index in [0.29, 0.717) is 30.9 Å². The lowest BCUT2D eigenvalue weighted by molar-refractivity contribution is -0.143. The van der Waals surface area contributed by atoms with Crippen LogP contribution in [0.1, 0.15) is 16.1 Å². The molecule has 1 unspecified atom stereocenters. The molecule has 0 saturated carbocycles. The molecule has 112 valence electrons. The van der Waals surface area contributed by atoms with E-state index in [4.69, 9.17) is 0 Å². The lowest BCUT2D eigenvalue weighted by Crippen LogP contribution is -2.34. The average Bonchev–Trinajstić information content (AvgIpc) is 2.93. The molecule has 20 heavy (non-hydrogen) atoms. The van der Waals surface area contributed by atoms with E-state index >= 15 is 0 Å². The lowest BCUT2D eigenvalue weighted by Gasteiger charge is -2.17. The summed E-state index contributed by atoms with van der Waals surface area (Å²) < 4.78 is 37.6. The van der Waals surface area contributed by atoms with Gasteiger partial charge in [-0.1, -0.05) is 0 Å². The van der Waals surface area contributed by atoms with Gasteiger partial charge in [-0.3, -0.25) is 9.69 Å². The van der Waals surface area contributed by atoms with Gasteiger partial charge in [0.05, 0.1) is 15.2 Å². The molecule has 1 atom stereocenters. The van der Waals surface area contributed by atoms with Crippen LogP contribution in [0.5, 0.6) is 0 Å². The van der Waals surface area contributed by atoms with Gasteiger partial charge in [0, 0.05) is 13.1 Å². The highest BCUT2D eigenvalue weighted by molar-refractivity contribution is 9.11. The molecule has 1 saturated heterocycles. The first-order valence-electron chi connectivity index (χ1n) is 6.16. The summed E-state index contributed by atoms with van der Waals surface area (Å²) >= 11 is 4.61. The second-order valence-electron chi connectivity index (χ2n) is 4.82. The number of amides is 1. The second kappa shape index (κ2) is 6.44. The molecule has 2 heterocycles. The molecule has 1 fully saturated rings. The number of hydrogen-bond acceptors (Lipinski definition) is 3.